The topological polar surface area (TPSA) is 46.1 Å². The van der Waals surface area contributed by atoms with E-state index < -0.39 is 0 Å². The number of aliphatic imine (C=N–C) groups is 1. The highest BCUT2D eigenvalue weighted by atomic mass is 16.5. The zero-order valence-electron chi connectivity index (χ0n) is 15.0. The molecule has 0 aliphatic rings. The van der Waals surface area contributed by atoms with Gasteiger partial charge in [0.25, 0.3) is 0 Å². The number of para-hydroxylation sites is 1. The molecule has 23 heavy (non-hydrogen) atoms. The maximum Gasteiger partial charge on any atom is 0.194 e. The highest BCUT2D eigenvalue weighted by molar-refractivity contribution is 5.79. The summed E-state index contributed by atoms with van der Waals surface area (Å²) >= 11 is 0. The molecule has 0 amide bonds. The fourth-order valence-corrected chi connectivity index (χ4v) is 2.20. The third-order valence-electron chi connectivity index (χ3n) is 3.44. The van der Waals surface area contributed by atoms with Crippen molar-refractivity contribution in [2.75, 3.05) is 40.5 Å². The van der Waals surface area contributed by atoms with Crippen LogP contribution in [-0.4, -0.2) is 51.3 Å². The van der Waals surface area contributed by atoms with Gasteiger partial charge >= 0.3 is 0 Å². The number of guanidine groups is 1. The van der Waals surface area contributed by atoms with Gasteiger partial charge in [-0.05, 0) is 19.4 Å². The van der Waals surface area contributed by atoms with Crippen LogP contribution in [0.15, 0.2) is 29.3 Å². The Balaban J connectivity index is 2.57. The summed E-state index contributed by atoms with van der Waals surface area (Å²) in [5.41, 5.74) is 1.14. The van der Waals surface area contributed by atoms with Crippen molar-refractivity contribution in [2.45, 2.75) is 33.2 Å². The first-order valence-corrected chi connectivity index (χ1v) is 8.42. The second-order valence-corrected chi connectivity index (χ2v) is 5.37. The van der Waals surface area contributed by atoms with Crippen molar-refractivity contribution in [3.05, 3.63) is 29.8 Å². The molecule has 130 valence electrons. The highest BCUT2D eigenvalue weighted by Gasteiger charge is 2.09. The molecule has 1 N–H and O–H groups in total. The average Bonchev–Trinajstić information content (AvgIpc) is 2.57. The van der Waals surface area contributed by atoms with Crippen molar-refractivity contribution in [3.8, 4) is 5.75 Å². The van der Waals surface area contributed by atoms with E-state index >= 15 is 0 Å². The molecule has 0 aromatic heterocycles. The smallest absolute Gasteiger partial charge is 0.194 e. The molecular formula is C18H31N3O2. The van der Waals surface area contributed by atoms with E-state index in [-0.39, 0.29) is 0 Å². The first-order chi connectivity index (χ1) is 11.2. The Labute approximate surface area is 140 Å². The molecule has 0 atom stereocenters. The van der Waals surface area contributed by atoms with Gasteiger partial charge in [0.15, 0.2) is 5.96 Å². The van der Waals surface area contributed by atoms with Gasteiger partial charge in [-0.1, -0.05) is 31.5 Å². The van der Waals surface area contributed by atoms with Gasteiger partial charge in [-0.25, -0.2) is 0 Å². The van der Waals surface area contributed by atoms with Gasteiger partial charge < -0.3 is 19.7 Å². The number of nitrogens with zero attached hydrogens (tertiary/aromatic N) is 2. The van der Waals surface area contributed by atoms with Crippen LogP contribution in [0.3, 0.4) is 0 Å². The largest absolute Gasteiger partial charge is 0.496 e. The maximum atomic E-state index is 5.56. The molecule has 0 aliphatic heterocycles. The zero-order valence-corrected chi connectivity index (χ0v) is 15.0. The third kappa shape index (κ3) is 7.37. The molecule has 0 radical (unpaired) electrons. The van der Waals surface area contributed by atoms with E-state index in [1.165, 1.54) is 0 Å². The molecule has 0 unspecified atom stereocenters. The highest BCUT2D eigenvalue weighted by Crippen LogP contribution is 2.18. The number of hydrogen-bond acceptors (Lipinski definition) is 3. The lowest BCUT2D eigenvalue weighted by Crippen LogP contribution is -2.38. The molecule has 0 bridgehead atoms. The Kier molecular flexibility index (Phi) is 9.87. The molecule has 5 nitrogen and oxygen atoms in total. The van der Waals surface area contributed by atoms with Crippen LogP contribution in [-0.2, 0) is 11.3 Å². The average molecular weight is 321 g/mol. The zero-order chi connectivity index (χ0) is 16.9. The van der Waals surface area contributed by atoms with Crippen LogP contribution >= 0.6 is 0 Å². The monoisotopic (exact) mass is 321 g/mol. The fraction of sp³-hybridized carbons (Fsp3) is 0.611. The van der Waals surface area contributed by atoms with Crippen LogP contribution < -0.4 is 10.1 Å². The van der Waals surface area contributed by atoms with Crippen LogP contribution in [0.25, 0.3) is 0 Å². The summed E-state index contributed by atoms with van der Waals surface area (Å²) in [6, 6.07) is 8.06. The minimum Gasteiger partial charge on any atom is -0.496 e. The van der Waals surface area contributed by atoms with Crippen molar-refractivity contribution in [3.63, 3.8) is 0 Å². The Morgan fingerprint density at radius 2 is 2.00 bits per heavy atom. The van der Waals surface area contributed by atoms with Crippen molar-refractivity contribution >= 4 is 5.96 Å². The minimum absolute atomic E-state index is 0.664. The van der Waals surface area contributed by atoms with Gasteiger partial charge in [-0.3, -0.25) is 4.99 Å². The van der Waals surface area contributed by atoms with Gasteiger partial charge in [0.2, 0.25) is 0 Å². The minimum atomic E-state index is 0.664. The van der Waals surface area contributed by atoms with E-state index in [4.69, 9.17) is 9.47 Å². The number of benzene rings is 1. The molecule has 1 rings (SSSR count). The molecular weight excluding hydrogens is 290 g/mol. The summed E-state index contributed by atoms with van der Waals surface area (Å²) in [7, 11) is 3.73. The first kappa shape index (κ1) is 19.3. The van der Waals surface area contributed by atoms with Crippen molar-refractivity contribution in [1.29, 1.82) is 0 Å². The van der Waals surface area contributed by atoms with E-state index in [1.807, 2.05) is 25.2 Å². The predicted octanol–water partition coefficient (Wildman–Crippen LogP) is 2.91. The summed E-state index contributed by atoms with van der Waals surface area (Å²) in [5, 5.41) is 3.32. The van der Waals surface area contributed by atoms with Gasteiger partial charge in [-0.2, -0.15) is 0 Å². The number of nitrogens with one attached hydrogen (secondary N) is 1. The quantitative estimate of drug-likeness (QED) is 0.409. The molecule has 5 heteroatoms. The van der Waals surface area contributed by atoms with E-state index in [9.17, 15) is 0 Å². The van der Waals surface area contributed by atoms with E-state index in [0.29, 0.717) is 13.2 Å². The molecule has 0 heterocycles. The van der Waals surface area contributed by atoms with Gasteiger partial charge in [-0.15, -0.1) is 0 Å². The lowest BCUT2D eigenvalue weighted by Gasteiger charge is -2.23. The molecule has 0 spiro atoms. The fourth-order valence-electron chi connectivity index (χ4n) is 2.20. The van der Waals surface area contributed by atoms with Crippen molar-refractivity contribution in [2.24, 2.45) is 4.99 Å². The number of hydrogen-bond donors (Lipinski definition) is 1. The third-order valence-corrected chi connectivity index (χ3v) is 3.44. The van der Waals surface area contributed by atoms with E-state index in [1.54, 1.807) is 7.11 Å². The lowest BCUT2D eigenvalue weighted by molar-refractivity contribution is 0.138. The number of rotatable bonds is 10. The van der Waals surface area contributed by atoms with Crippen LogP contribution in [0.4, 0.5) is 0 Å². The van der Waals surface area contributed by atoms with Crippen LogP contribution in [0.5, 0.6) is 5.75 Å². The molecule has 0 saturated heterocycles. The number of unbranched alkanes of at least 4 members (excludes halogenated alkanes) is 1. The van der Waals surface area contributed by atoms with Gasteiger partial charge in [0.1, 0.15) is 5.75 Å². The number of methoxy groups -OCH3 is 1. The maximum absolute atomic E-state index is 5.56. The second kappa shape index (κ2) is 11.8. The van der Waals surface area contributed by atoms with E-state index in [0.717, 1.165) is 49.8 Å². The molecule has 1 aromatic carbocycles. The van der Waals surface area contributed by atoms with Crippen LogP contribution in [0, 0.1) is 0 Å². The van der Waals surface area contributed by atoms with Crippen LogP contribution in [0.2, 0.25) is 0 Å². The molecule has 0 fully saturated rings. The Hall–Kier alpha value is -1.75. The van der Waals surface area contributed by atoms with Gasteiger partial charge in [0.05, 0.1) is 20.3 Å². The lowest BCUT2D eigenvalue weighted by atomic mass is 10.2. The normalized spacial score (nSPS) is 11.4. The Morgan fingerprint density at radius 3 is 2.70 bits per heavy atom. The van der Waals surface area contributed by atoms with Crippen molar-refractivity contribution in [1.82, 2.24) is 10.2 Å². The molecule has 0 saturated carbocycles. The summed E-state index contributed by atoms with van der Waals surface area (Å²) in [6.45, 7) is 7.97. The first-order valence-electron chi connectivity index (χ1n) is 8.42. The van der Waals surface area contributed by atoms with Crippen LogP contribution in [0.1, 0.15) is 32.3 Å². The number of ether oxygens (including phenoxy) is 2. The Bertz CT molecular complexity index is 463. The van der Waals surface area contributed by atoms with E-state index in [2.05, 4.69) is 35.1 Å². The summed E-state index contributed by atoms with van der Waals surface area (Å²) in [5.74, 6) is 1.79. The summed E-state index contributed by atoms with van der Waals surface area (Å²) < 4.78 is 11.0. The standard InChI is InChI=1S/C18H31N3O2/c1-5-7-13-23-14-12-20-18(19-6-2)21(3)15-16-10-8-9-11-17(16)22-4/h8-11H,5-7,12-15H2,1-4H3,(H,19,20). The SMILES string of the molecule is CCCCOCCN=C(NCC)N(C)Cc1ccccc1OC. The van der Waals surface area contributed by atoms with Gasteiger partial charge in [0, 0.05) is 32.3 Å². The predicted molar refractivity (Wildman–Crippen MR) is 96.2 cm³/mol. The Morgan fingerprint density at radius 1 is 1.22 bits per heavy atom. The summed E-state index contributed by atoms with van der Waals surface area (Å²) in [6.07, 6.45) is 2.27. The molecule has 0 aliphatic carbocycles. The summed E-state index contributed by atoms with van der Waals surface area (Å²) in [4.78, 5) is 6.73. The second-order valence-electron chi connectivity index (χ2n) is 5.37. The molecule has 1 aromatic rings. The van der Waals surface area contributed by atoms with Crippen molar-refractivity contribution < 1.29 is 9.47 Å².